The molecule has 0 saturated carbocycles. The zero-order chi connectivity index (χ0) is 27.2. The van der Waals surface area contributed by atoms with Crippen molar-refractivity contribution in [2.45, 2.75) is 20.0 Å². The highest BCUT2D eigenvalue weighted by Gasteiger charge is 2.25. The number of piperazine rings is 1. The normalized spacial score (nSPS) is 14.9. The number of hydrogen-bond donors (Lipinski definition) is 3. The maximum Gasteiger partial charge on any atom is 0.274 e. The number of aliphatic imine (C=N–C) groups is 1. The van der Waals surface area contributed by atoms with E-state index in [1.807, 2.05) is 6.07 Å². The molecular formula is C26H29N9O4. The number of para-hydroxylation sites is 1. The third kappa shape index (κ3) is 5.72. The predicted molar refractivity (Wildman–Crippen MR) is 146 cm³/mol. The van der Waals surface area contributed by atoms with Crippen LogP contribution in [0.3, 0.4) is 0 Å². The molecule has 2 amide bonds. The number of ether oxygens (including phenoxy) is 1. The quantitative estimate of drug-likeness (QED) is 0.350. The van der Waals surface area contributed by atoms with Crippen molar-refractivity contribution in [1.29, 1.82) is 0 Å². The molecule has 0 atom stereocenters. The Labute approximate surface area is 225 Å². The van der Waals surface area contributed by atoms with E-state index in [0.717, 1.165) is 31.9 Å². The van der Waals surface area contributed by atoms with Crippen LogP contribution >= 0.6 is 0 Å². The molecule has 4 heterocycles. The van der Waals surface area contributed by atoms with Gasteiger partial charge in [0.2, 0.25) is 12.3 Å². The monoisotopic (exact) mass is 531 g/mol. The number of hydrogen-bond acceptors (Lipinski definition) is 11. The minimum Gasteiger partial charge on any atom is -0.482 e. The molecule has 13 nitrogen and oxygen atoms in total. The Hall–Kier alpha value is -4.78. The van der Waals surface area contributed by atoms with E-state index in [0.29, 0.717) is 53.3 Å². The fraction of sp³-hybridized carbons (Fsp3) is 0.308. The highest BCUT2D eigenvalue weighted by atomic mass is 16.5. The molecule has 3 aromatic rings. The number of nitrogens with one attached hydrogen (secondary N) is 3. The van der Waals surface area contributed by atoms with Crippen LogP contribution in [0.25, 0.3) is 0 Å². The van der Waals surface area contributed by atoms with Gasteiger partial charge in [0, 0.05) is 52.8 Å². The van der Waals surface area contributed by atoms with Crippen LogP contribution in [0.1, 0.15) is 18.2 Å². The van der Waals surface area contributed by atoms with Gasteiger partial charge in [-0.25, -0.2) is 4.99 Å². The molecule has 0 unspecified atom stereocenters. The van der Waals surface area contributed by atoms with Gasteiger partial charge in [0.05, 0.1) is 23.3 Å². The first-order chi connectivity index (χ1) is 19.1. The average Bonchev–Trinajstić information content (AvgIpc) is 3.62. The van der Waals surface area contributed by atoms with Crippen LogP contribution in [-0.4, -0.2) is 66.6 Å². The second kappa shape index (κ2) is 11.7. The van der Waals surface area contributed by atoms with Crippen LogP contribution < -0.4 is 30.5 Å². The summed E-state index contributed by atoms with van der Waals surface area (Å²) >= 11 is 0. The van der Waals surface area contributed by atoms with Gasteiger partial charge >= 0.3 is 0 Å². The number of benzene rings is 1. The Morgan fingerprint density at radius 3 is 2.85 bits per heavy atom. The lowest BCUT2D eigenvalue weighted by atomic mass is 10.2. The zero-order valence-electron chi connectivity index (χ0n) is 21.7. The molecule has 1 saturated heterocycles. The molecule has 2 aliphatic rings. The van der Waals surface area contributed by atoms with E-state index in [1.165, 1.54) is 4.90 Å². The van der Waals surface area contributed by atoms with E-state index in [9.17, 15) is 9.59 Å². The van der Waals surface area contributed by atoms with Crippen LogP contribution in [0.15, 0.2) is 57.8 Å². The van der Waals surface area contributed by atoms with E-state index < -0.39 is 0 Å². The number of pyridine rings is 1. The van der Waals surface area contributed by atoms with E-state index in [4.69, 9.17) is 9.15 Å². The summed E-state index contributed by atoms with van der Waals surface area (Å²) in [6.45, 7) is 5.16. The van der Waals surface area contributed by atoms with Gasteiger partial charge in [-0.15, -0.1) is 10.2 Å². The van der Waals surface area contributed by atoms with Gasteiger partial charge in [0.25, 0.3) is 11.8 Å². The van der Waals surface area contributed by atoms with Gasteiger partial charge < -0.3 is 30.0 Å². The number of aromatic nitrogens is 3. The van der Waals surface area contributed by atoms with Crippen LogP contribution in [0.4, 0.5) is 22.7 Å². The maximum atomic E-state index is 13.1. The summed E-state index contributed by atoms with van der Waals surface area (Å²) in [5.74, 6) is 1.30. The average molecular weight is 532 g/mol. The number of aryl methyl sites for hydroxylation is 1. The van der Waals surface area contributed by atoms with Crippen molar-refractivity contribution in [3.05, 3.63) is 60.2 Å². The fourth-order valence-corrected chi connectivity index (χ4v) is 4.45. The molecule has 13 heteroatoms. The number of nitrogens with zero attached hydrogens (tertiary/aromatic N) is 6. The molecular weight excluding hydrogens is 502 g/mol. The number of rotatable bonds is 9. The SMILES string of the molecule is CNc1c(OCc2nnc(C)o2)cccc1N(C=O)C1=NC(C(=O)Nc2cnccc2N2CCNCC2)=CC1. The zero-order valence-corrected chi connectivity index (χ0v) is 21.7. The number of amides is 2. The van der Waals surface area contributed by atoms with Crippen molar-refractivity contribution in [3.63, 3.8) is 0 Å². The molecule has 2 aliphatic heterocycles. The lowest BCUT2D eigenvalue weighted by Crippen LogP contribution is -2.43. The molecule has 0 aliphatic carbocycles. The lowest BCUT2D eigenvalue weighted by molar-refractivity contribution is -0.113. The Bertz CT molecular complexity index is 1410. The van der Waals surface area contributed by atoms with Crippen molar-refractivity contribution in [2.24, 2.45) is 4.99 Å². The summed E-state index contributed by atoms with van der Waals surface area (Å²) in [6, 6.07) is 7.18. The summed E-state index contributed by atoms with van der Waals surface area (Å²) in [7, 11) is 1.73. The van der Waals surface area contributed by atoms with Gasteiger partial charge in [-0.1, -0.05) is 6.07 Å². The standard InChI is InChI=1S/C26H29N9O4/c1-17-32-33-24(39-17)15-38-22-5-3-4-21(25(22)27-2)35(16-36)23-7-6-18(30-23)26(37)31-19-14-29-9-8-20(19)34-12-10-28-11-13-34/h3-6,8-9,14,16,27-28H,7,10-13,15H2,1-2H3,(H,31,37). The van der Waals surface area contributed by atoms with Crippen molar-refractivity contribution in [1.82, 2.24) is 20.5 Å². The molecule has 5 rings (SSSR count). The highest BCUT2D eigenvalue weighted by molar-refractivity contribution is 6.17. The van der Waals surface area contributed by atoms with Gasteiger partial charge in [-0.2, -0.15) is 0 Å². The first kappa shape index (κ1) is 25.9. The van der Waals surface area contributed by atoms with Crippen molar-refractivity contribution < 1.29 is 18.7 Å². The largest absolute Gasteiger partial charge is 0.482 e. The van der Waals surface area contributed by atoms with Gasteiger partial charge in [0.15, 0.2) is 6.61 Å². The van der Waals surface area contributed by atoms with Crippen LogP contribution in [0.2, 0.25) is 0 Å². The molecule has 1 aromatic carbocycles. The van der Waals surface area contributed by atoms with E-state index >= 15 is 0 Å². The van der Waals surface area contributed by atoms with Crippen molar-refractivity contribution in [2.75, 3.05) is 53.7 Å². The molecule has 3 N–H and O–H groups in total. The molecule has 2 aromatic heterocycles. The molecule has 0 spiro atoms. The number of carbonyl (C=O) groups is 2. The fourth-order valence-electron chi connectivity index (χ4n) is 4.45. The maximum absolute atomic E-state index is 13.1. The Kier molecular flexibility index (Phi) is 7.78. The summed E-state index contributed by atoms with van der Waals surface area (Å²) in [6.07, 6.45) is 6.00. The Balaban J connectivity index is 1.32. The van der Waals surface area contributed by atoms with Crippen LogP contribution in [0, 0.1) is 6.92 Å². The second-order valence-electron chi connectivity index (χ2n) is 8.78. The van der Waals surface area contributed by atoms with Gasteiger partial charge in [-0.05, 0) is 24.3 Å². The topological polar surface area (TPSA) is 150 Å². The van der Waals surface area contributed by atoms with Crippen LogP contribution in [0.5, 0.6) is 5.75 Å². The van der Waals surface area contributed by atoms with Crippen molar-refractivity contribution in [3.8, 4) is 5.75 Å². The number of carbonyl (C=O) groups excluding carboxylic acids is 2. The first-order valence-corrected chi connectivity index (χ1v) is 12.5. The van der Waals surface area contributed by atoms with Gasteiger partial charge in [-0.3, -0.25) is 19.5 Å². The minimum atomic E-state index is -0.374. The second-order valence-corrected chi connectivity index (χ2v) is 8.78. The molecule has 39 heavy (non-hydrogen) atoms. The third-order valence-electron chi connectivity index (χ3n) is 6.28. The predicted octanol–water partition coefficient (Wildman–Crippen LogP) is 2.09. The highest BCUT2D eigenvalue weighted by Crippen LogP contribution is 2.36. The Morgan fingerprint density at radius 2 is 2.10 bits per heavy atom. The smallest absolute Gasteiger partial charge is 0.274 e. The number of amidine groups is 1. The summed E-state index contributed by atoms with van der Waals surface area (Å²) < 4.78 is 11.3. The molecule has 0 bridgehead atoms. The minimum absolute atomic E-state index is 0.0666. The Morgan fingerprint density at radius 1 is 1.26 bits per heavy atom. The molecule has 0 radical (unpaired) electrons. The molecule has 202 valence electrons. The number of anilines is 4. The summed E-state index contributed by atoms with van der Waals surface area (Å²) in [4.78, 5) is 37.6. The third-order valence-corrected chi connectivity index (χ3v) is 6.28. The lowest BCUT2D eigenvalue weighted by Gasteiger charge is -2.30. The van der Waals surface area contributed by atoms with Crippen molar-refractivity contribution >= 4 is 40.9 Å². The first-order valence-electron chi connectivity index (χ1n) is 12.5. The van der Waals surface area contributed by atoms with E-state index in [1.54, 1.807) is 50.6 Å². The molecule has 1 fully saturated rings. The van der Waals surface area contributed by atoms with E-state index in [2.05, 4.69) is 41.0 Å². The van der Waals surface area contributed by atoms with Gasteiger partial charge in [0.1, 0.15) is 23.0 Å². The summed E-state index contributed by atoms with van der Waals surface area (Å²) in [5, 5.41) is 17.1. The van der Waals surface area contributed by atoms with E-state index in [-0.39, 0.29) is 18.2 Å². The summed E-state index contributed by atoms with van der Waals surface area (Å²) in [5.41, 5.74) is 2.83. The van der Waals surface area contributed by atoms with Crippen LogP contribution in [-0.2, 0) is 16.2 Å².